The fraction of sp³-hybridized carbons (Fsp3) is 0.458. The van der Waals surface area contributed by atoms with Gasteiger partial charge in [0.15, 0.2) is 0 Å². The summed E-state index contributed by atoms with van der Waals surface area (Å²) in [6, 6.07) is 14.3. The Morgan fingerprint density at radius 2 is 1.41 bits per heavy atom. The van der Waals surface area contributed by atoms with Gasteiger partial charge >= 0.3 is 0 Å². The monoisotopic (exact) mass is 392 g/mol. The van der Waals surface area contributed by atoms with Crippen LogP contribution in [0.3, 0.4) is 0 Å². The minimum atomic E-state index is -0.0391. The summed E-state index contributed by atoms with van der Waals surface area (Å²) in [7, 11) is 2.06. The second-order valence-corrected chi connectivity index (χ2v) is 8.07. The van der Waals surface area contributed by atoms with Crippen LogP contribution in [0.5, 0.6) is 0 Å². The van der Waals surface area contributed by atoms with Crippen molar-refractivity contribution in [3.05, 3.63) is 48.0 Å². The van der Waals surface area contributed by atoms with Crippen molar-refractivity contribution in [2.75, 3.05) is 59.8 Å². The van der Waals surface area contributed by atoms with Crippen molar-refractivity contribution in [3.8, 4) is 0 Å². The molecular weight excluding hydrogens is 360 g/mol. The summed E-state index contributed by atoms with van der Waals surface area (Å²) < 4.78 is 0. The van der Waals surface area contributed by atoms with Gasteiger partial charge in [0, 0.05) is 51.0 Å². The molecule has 1 N–H and O–H groups in total. The van der Waals surface area contributed by atoms with E-state index >= 15 is 0 Å². The van der Waals surface area contributed by atoms with Crippen molar-refractivity contribution in [3.63, 3.8) is 0 Å². The lowest BCUT2D eigenvalue weighted by Gasteiger charge is -2.28. The lowest BCUT2D eigenvalue weighted by molar-refractivity contribution is 0.102. The van der Waals surface area contributed by atoms with E-state index < -0.39 is 0 Å². The molecule has 2 heterocycles. The van der Waals surface area contributed by atoms with E-state index in [1.54, 1.807) is 0 Å². The zero-order chi connectivity index (χ0) is 20.2. The minimum Gasteiger partial charge on any atom is -0.375 e. The van der Waals surface area contributed by atoms with Crippen molar-refractivity contribution in [1.82, 2.24) is 0 Å². The molecule has 2 saturated heterocycles. The first-order chi connectivity index (χ1) is 14.2. The van der Waals surface area contributed by atoms with Crippen LogP contribution in [0.2, 0.25) is 0 Å². The molecule has 2 aromatic rings. The predicted octanol–water partition coefficient (Wildman–Crippen LogP) is 4.60. The van der Waals surface area contributed by atoms with E-state index in [4.69, 9.17) is 0 Å². The highest BCUT2D eigenvalue weighted by Gasteiger charge is 2.23. The topological polar surface area (TPSA) is 38.8 Å². The number of amides is 1. The van der Waals surface area contributed by atoms with Crippen molar-refractivity contribution < 1.29 is 4.79 Å². The van der Waals surface area contributed by atoms with Crippen LogP contribution in [0.1, 0.15) is 43.0 Å². The number of rotatable bonds is 6. The van der Waals surface area contributed by atoms with Gasteiger partial charge in [-0.05, 0) is 69.0 Å². The molecule has 2 aromatic carbocycles. The Morgan fingerprint density at radius 1 is 0.897 bits per heavy atom. The zero-order valence-corrected chi connectivity index (χ0v) is 17.7. The lowest BCUT2D eigenvalue weighted by Crippen LogP contribution is -2.25. The van der Waals surface area contributed by atoms with E-state index in [2.05, 4.69) is 52.2 Å². The molecule has 0 aliphatic carbocycles. The van der Waals surface area contributed by atoms with Gasteiger partial charge in [-0.1, -0.05) is 6.07 Å². The van der Waals surface area contributed by atoms with E-state index in [1.165, 1.54) is 25.7 Å². The van der Waals surface area contributed by atoms with E-state index in [-0.39, 0.29) is 5.91 Å². The second kappa shape index (κ2) is 8.76. The first-order valence-electron chi connectivity index (χ1n) is 10.9. The molecule has 5 heteroatoms. The third-order valence-corrected chi connectivity index (χ3v) is 6.20. The Labute approximate surface area is 174 Å². The van der Waals surface area contributed by atoms with Gasteiger partial charge in [-0.15, -0.1) is 0 Å². The van der Waals surface area contributed by atoms with Crippen LogP contribution in [-0.2, 0) is 0 Å². The van der Waals surface area contributed by atoms with Gasteiger partial charge < -0.3 is 20.0 Å². The van der Waals surface area contributed by atoms with Crippen LogP contribution in [0.15, 0.2) is 42.5 Å². The largest absolute Gasteiger partial charge is 0.375 e. The standard InChI is InChI=1S/C24H32N4O/c1-3-26(2)20-13-11-19(12-14-20)24(29)25-23-21(27-15-4-5-16-27)9-8-10-22(23)28-17-6-7-18-28/h8-14H,3-7,15-18H2,1-2H3,(H,25,29). The van der Waals surface area contributed by atoms with Crippen LogP contribution in [0.25, 0.3) is 0 Å². The van der Waals surface area contributed by atoms with Crippen LogP contribution in [-0.4, -0.2) is 45.7 Å². The van der Waals surface area contributed by atoms with Crippen LogP contribution in [0.4, 0.5) is 22.7 Å². The third kappa shape index (κ3) is 4.19. The molecule has 2 fully saturated rings. The zero-order valence-electron chi connectivity index (χ0n) is 17.7. The van der Waals surface area contributed by atoms with Gasteiger partial charge in [-0.3, -0.25) is 4.79 Å². The highest BCUT2D eigenvalue weighted by Crippen LogP contribution is 2.39. The Kier molecular flexibility index (Phi) is 5.93. The Balaban J connectivity index is 1.63. The number of hydrogen-bond acceptors (Lipinski definition) is 4. The number of para-hydroxylation sites is 1. The van der Waals surface area contributed by atoms with Crippen LogP contribution >= 0.6 is 0 Å². The molecule has 1 amide bonds. The maximum atomic E-state index is 13.1. The van der Waals surface area contributed by atoms with E-state index in [0.29, 0.717) is 5.56 Å². The quantitative estimate of drug-likeness (QED) is 0.780. The first kappa shape index (κ1) is 19.6. The molecule has 0 radical (unpaired) electrons. The number of benzene rings is 2. The number of carbonyl (C=O) groups is 1. The fourth-order valence-electron chi connectivity index (χ4n) is 4.34. The smallest absolute Gasteiger partial charge is 0.255 e. The summed E-state index contributed by atoms with van der Waals surface area (Å²) in [5.41, 5.74) is 5.10. The van der Waals surface area contributed by atoms with Gasteiger partial charge in [0.2, 0.25) is 0 Å². The Morgan fingerprint density at radius 3 is 1.90 bits per heavy atom. The summed E-state index contributed by atoms with van der Waals surface area (Å²) >= 11 is 0. The maximum absolute atomic E-state index is 13.1. The van der Waals surface area contributed by atoms with E-state index in [1.807, 2.05) is 24.3 Å². The summed E-state index contributed by atoms with van der Waals surface area (Å²) in [6.07, 6.45) is 4.86. The maximum Gasteiger partial charge on any atom is 0.255 e. The molecule has 0 saturated carbocycles. The normalized spacial score (nSPS) is 16.3. The summed E-state index contributed by atoms with van der Waals surface area (Å²) in [5.74, 6) is -0.0391. The van der Waals surface area contributed by atoms with Gasteiger partial charge in [0.05, 0.1) is 17.1 Å². The van der Waals surface area contributed by atoms with Crippen molar-refractivity contribution in [1.29, 1.82) is 0 Å². The average molecular weight is 393 g/mol. The Bertz CT molecular complexity index is 802. The van der Waals surface area contributed by atoms with E-state index in [0.717, 1.165) is 55.5 Å². The molecular formula is C24H32N4O. The molecule has 5 nitrogen and oxygen atoms in total. The van der Waals surface area contributed by atoms with Crippen LogP contribution < -0.4 is 20.0 Å². The first-order valence-corrected chi connectivity index (χ1v) is 10.9. The molecule has 0 aromatic heterocycles. The number of nitrogens with zero attached hydrogens (tertiary/aromatic N) is 3. The molecule has 2 aliphatic rings. The van der Waals surface area contributed by atoms with Gasteiger partial charge in [-0.2, -0.15) is 0 Å². The van der Waals surface area contributed by atoms with Gasteiger partial charge in [-0.25, -0.2) is 0 Å². The van der Waals surface area contributed by atoms with Gasteiger partial charge in [0.1, 0.15) is 0 Å². The number of anilines is 4. The SMILES string of the molecule is CCN(C)c1ccc(C(=O)Nc2c(N3CCCC3)cccc2N2CCCC2)cc1. The summed E-state index contributed by atoms with van der Waals surface area (Å²) in [5, 5.41) is 3.28. The molecule has 0 spiro atoms. The summed E-state index contributed by atoms with van der Waals surface area (Å²) in [6.45, 7) is 7.30. The number of carbonyl (C=O) groups excluding carboxylic acids is 1. The molecule has 0 atom stereocenters. The highest BCUT2D eigenvalue weighted by atomic mass is 16.1. The predicted molar refractivity (Wildman–Crippen MR) is 123 cm³/mol. The van der Waals surface area contributed by atoms with Crippen molar-refractivity contribution in [2.45, 2.75) is 32.6 Å². The molecule has 0 unspecified atom stereocenters. The number of hydrogen-bond donors (Lipinski definition) is 1. The number of nitrogens with one attached hydrogen (secondary N) is 1. The van der Waals surface area contributed by atoms with Gasteiger partial charge in [0.25, 0.3) is 5.91 Å². The molecule has 29 heavy (non-hydrogen) atoms. The third-order valence-electron chi connectivity index (χ3n) is 6.20. The average Bonchev–Trinajstić information content (AvgIpc) is 3.47. The van der Waals surface area contributed by atoms with Crippen molar-refractivity contribution in [2.24, 2.45) is 0 Å². The molecule has 154 valence electrons. The van der Waals surface area contributed by atoms with E-state index in [9.17, 15) is 4.79 Å². The molecule has 4 rings (SSSR count). The Hall–Kier alpha value is -2.69. The second-order valence-electron chi connectivity index (χ2n) is 8.07. The lowest BCUT2D eigenvalue weighted by atomic mass is 10.1. The van der Waals surface area contributed by atoms with Crippen molar-refractivity contribution >= 4 is 28.7 Å². The summed E-state index contributed by atoms with van der Waals surface area (Å²) in [4.78, 5) is 20.1. The molecule has 2 aliphatic heterocycles. The van der Waals surface area contributed by atoms with Crippen LogP contribution in [0, 0.1) is 0 Å². The fourth-order valence-corrected chi connectivity index (χ4v) is 4.34. The molecule has 0 bridgehead atoms. The minimum absolute atomic E-state index is 0.0391. The highest BCUT2D eigenvalue weighted by molar-refractivity contribution is 6.08.